The molecule has 19 heavy (non-hydrogen) atoms. The molecule has 0 aliphatic carbocycles. The van der Waals surface area contributed by atoms with E-state index < -0.39 is 30.7 Å². The van der Waals surface area contributed by atoms with Gasteiger partial charge in [0.2, 0.25) is 0 Å². The molecule has 6 heteroatoms. The molecular formula is C13H16O6. The third-order valence-electron chi connectivity index (χ3n) is 2.99. The van der Waals surface area contributed by atoms with Crippen LogP contribution in [-0.4, -0.2) is 56.2 Å². The Morgan fingerprint density at radius 1 is 0.947 bits per heavy atom. The fourth-order valence-corrected chi connectivity index (χ4v) is 1.91. The molecular weight excluding hydrogens is 252 g/mol. The van der Waals surface area contributed by atoms with Gasteiger partial charge >= 0.3 is 0 Å². The van der Waals surface area contributed by atoms with Crippen molar-refractivity contribution in [1.29, 1.82) is 0 Å². The maximum Gasteiger partial charge on any atom is 0.184 e. The van der Waals surface area contributed by atoms with Crippen molar-refractivity contribution in [2.45, 2.75) is 30.7 Å². The van der Waals surface area contributed by atoms with Gasteiger partial charge in [0.05, 0.1) is 0 Å². The molecule has 0 amide bonds. The molecule has 1 aromatic rings. The lowest BCUT2D eigenvalue weighted by molar-refractivity contribution is -0.277. The van der Waals surface area contributed by atoms with Crippen LogP contribution < -0.4 is 0 Å². The van der Waals surface area contributed by atoms with E-state index in [2.05, 4.69) is 0 Å². The maximum atomic E-state index is 9.89. The second kappa shape index (κ2) is 5.68. The van der Waals surface area contributed by atoms with Crippen molar-refractivity contribution in [3.05, 3.63) is 41.7 Å². The number of hydrogen-bond acceptors (Lipinski definition) is 6. The van der Waals surface area contributed by atoms with Gasteiger partial charge in [-0.2, -0.15) is 0 Å². The summed E-state index contributed by atoms with van der Waals surface area (Å²) >= 11 is 0. The van der Waals surface area contributed by atoms with Crippen LogP contribution in [0.1, 0.15) is 5.56 Å². The normalized spacial score (nSPS) is 36.2. The zero-order valence-electron chi connectivity index (χ0n) is 10.00. The summed E-state index contributed by atoms with van der Waals surface area (Å²) in [7, 11) is 0. The van der Waals surface area contributed by atoms with Gasteiger partial charge in [0, 0.05) is 0 Å². The number of ether oxygens (including phenoxy) is 1. The third kappa shape index (κ3) is 2.94. The van der Waals surface area contributed by atoms with Crippen molar-refractivity contribution in [3.63, 3.8) is 0 Å². The van der Waals surface area contributed by atoms with E-state index in [0.717, 1.165) is 0 Å². The van der Waals surface area contributed by atoms with E-state index >= 15 is 0 Å². The van der Waals surface area contributed by atoms with Crippen LogP contribution in [0.5, 0.6) is 0 Å². The second-order valence-electron chi connectivity index (χ2n) is 4.40. The van der Waals surface area contributed by atoms with Gasteiger partial charge in [0.1, 0.15) is 30.2 Å². The molecule has 0 bridgehead atoms. The van der Waals surface area contributed by atoms with Gasteiger partial charge in [-0.15, -0.1) is 0 Å². The molecule has 0 unspecified atom stereocenters. The van der Waals surface area contributed by atoms with Gasteiger partial charge in [-0.3, -0.25) is 0 Å². The van der Waals surface area contributed by atoms with Crippen molar-refractivity contribution in [2.24, 2.45) is 0 Å². The fourth-order valence-electron chi connectivity index (χ4n) is 1.91. The predicted molar refractivity (Wildman–Crippen MR) is 65.9 cm³/mol. The van der Waals surface area contributed by atoms with E-state index in [9.17, 15) is 25.5 Å². The van der Waals surface area contributed by atoms with Crippen molar-refractivity contribution in [2.75, 3.05) is 0 Å². The van der Waals surface area contributed by atoms with Crippen molar-refractivity contribution in [3.8, 4) is 0 Å². The van der Waals surface area contributed by atoms with Gasteiger partial charge in [0.25, 0.3) is 0 Å². The summed E-state index contributed by atoms with van der Waals surface area (Å²) in [5, 5.41) is 47.8. The molecule has 1 aliphatic heterocycles. The number of benzene rings is 1. The molecule has 104 valence electrons. The van der Waals surface area contributed by atoms with E-state index in [1.807, 2.05) is 6.07 Å². The fraction of sp³-hybridized carbons (Fsp3) is 0.385. The van der Waals surface area contributed by atoms with E-state index in [-0.39, 0.29) is 5.76 Å². The van der Waals surface area contributed by atoms with Gasteiger partial charge < -0.3 is 30.3 Å². The van der Waals surface area contributed by atoms with E-state index in [0.29, 0.717) is 5.56 Å². The number of aliphatic hydroxyl groups excluding tert-OH is 5. The zero-order chi connectivity index (χ0) is 14.0. The first-order valence-electron chi connectivity index (χ1n) is 5.84. The summed E-state index contributed by atoms with van der Waals surface area (Å²) in [5.41, 5.74) is 0.672. The molecule has 0 radical (unpaired) electrons. The van der Waals surface area contributed by atoms with Crippen LogP contribution in [0.3, 0.4) is 0 Å². The van der Waals surface area contributed by atoms with E-state index in [1.165, 1.54) is 6.08 Å². The Morgan fingerprint density at radius 2 is 1.58 bits per heavy atom. The molecule has 1 aromatic carbocycles. The maximum absolute atomic E-state index is 9.89. The predicted octanol–water partition coefficient (Wildman–Crippen LogP) is -0.615. The van der Waals surface area contributed by atoms with Crippen LogP contribution in [-0.2, 0) is 4.74 Å². The largest absolute Gasteiger partial charge is 0.509 e. The molecule has 0 aromatic heterocycles. The highest BCUT2D eigenvalue weighted by molar-refractivity contribution is 5.51. The highest BCUT2D eigenvalue weighted by Crippen LogP contribution is 2.24. The van der Waals surface area contributed by atoms with Crippen molar-refractivity contribution < 1.29 is 30.3 Å². The van der Waals surface area contributed by atoms with E-state index in [1.54, 1.807) is 24.3 Å². The topological polar surface area (TPSA) is 110 Å². The van der Waals surface area contributed by atoms with Crippen LogP contribution in [0.15, 0.2) is 36.1 Å². The molecule has 1 heterocycles. The van der Waals surface area contributed by atoms with Gasteiger partial charge in [-0.05, 0) is 11.6 Å². The summed E-state index contributed by atoms with van der Waals surface area (Å²) in [4.78, 5) is 0. The standard InChI is InChI=1S/C13H16O6/c14-8(6-7-4-2-1-3-5-7)12-10(16)9(15)11(17)13(18)19-12/h1-6,9-18H/t9-,10-,11+,12+,13-/m0/s1. The van der Waals surface area contributed by atoms with Crippen LogP contribution in [0, 0.1) is 0 Å². The average Bonchev–Trinajstić information content (AvgIpc) is 2.41. The molecule has 0 saturated carbocycles. The first-order valence-corrected chi connectivity index (χ1v) is 5.84. The number of rotatable bonds is 2. The first-order chi connectivity index (χ1) is 9.00. The Kier molecular flexibility index (Phi) is 4.18. The van der Waals surface area contributed by atoms with Crippen LogP contribution in [0.2, 0.25) is 0 Å². The van der Waals surface area contributed by atoms with Crippen molar-refractivity contribution in [1.82, 2.24) is 0 Å². The number of aliphatic hydroxyl groups is 5. The minimum atomic E-state index is -1.67. The Balaban J connectivity index is 2.19. The van der Waals surface area contributed by atoms with Gasteiger partial charge in [-0.1, -0.05) is 30.3 Å². The Labute approximate surface area is 109 Å². The van der Waals surface area contributed by atoms with Crippen molar-refractivity contribution >= 4 is 6.08 Å². The lowest BCUT2D eigenvalue weighted by Crippen LogP contribution is -2.57. The highest BCUT2D eigenvalue weighted by atomic mass is 16.6. The molecule has 1 aliphatic rings. The summed E-state index contributed by atoms with van der Waals surface area (Å²) in [6, 6.07) is 8.81. The summed E-state index contributed by atoms with van der Waals surface area (Å²) < 4.78 is 4.89. The molecule has 2 rings (SSSR count). The minimum absolute atomic E-state index is 0.344. The second-order valence-corrected chi connectivity index (χ2v) is 4.40. The quantitative estimate of drug-likeness (QED) is 0.457. The summed E-state index contributed by atoms with van der Waals surface area (Å²) in [6.07, 6.45) is -6.36. The molecule has 1 saturated heterocycles. The minimum Gasteiger partial charge on any atom is -0.509 e. The highest BCUT2D eigenvalue weighted by Gasteiger charge is 2.44. The summed E-state index contributed by atoms with van der Waals surface area (Å²) in [5.74, 6) is -0.344. The van der Waals surface area contributed by atoms with Crippen LogP contribution >= 0.6 is 0 Å². The summed E-state index contributed by atoms with van der Waals surface area (Å²) in [6.45, 7) is 0. The third-order valence-corrected chi connectivity index (χ3v) is 2.99. The van der Waals surface area contributed by atoms with Crippen LogP contribution in [0.4, 0.5) is 0 Å². The average molecular weight is 268 g/mol. The molecule has 0 spiro atoms. The molecule has 5 atom stereocenters. The van der Waals surface area contributed by atoms with Gasteiger partial charge in [0.15, 0.2) is 6.29 Å². The van der Waals surface area contributed by atoms with Gasteiger partial charge in [-0.25, -0.2) is 0 Å². The molecule has 5 N–H and O–H groups in total. The molecule has 1 fully saturated rings. The Morgan fingerprint density at radius 3 is 2.21 bits per heavy atom. The first kappa shape index (κ1) is 14.0. The smallest absolute Gasteiger partial charge is 0.184 e. The SMILES string of the molecule is OC(=Cc1ccccc1)[C@H]1O[C@H](O)[C@H](O)[C@@H](O)[C@@H]1O. The van der Waals surface area contributed by atoms with Crippen LogP contribution in [0.25, 0.3) is 6.08 Å². The Bertz CT molecular complexity index is 446. The zero-order valence-corrected chi connectivity index (χ0v) is 10.00. The lowest BCUT2D eigenvalue weighted by Gasteiger charge is -2.37. The molecule has 6 nitrogen and oxygen atoms in total. The van der Waals surface area contributed by atoms with E-state index in [4.69, 9.17) is 4.74 Å². The monoisotopic (exact) mass is 268 g/mol. The lowest BCUT2D eigenvalue weighted by atomic mass is 9.97. The Hall–Kier alpha value is -1.44. The number of hydrogen-bond donors (Lipinski definition) is 5.